The van der Waals surface area contributed by atoms with Crippen LogP contribution >= 0.6 is 0 Å². The predicted octanol–water partition coefficient (Wildman–Crippen LogP) is 4.06. The highest BCUT2D eigenvalue weighted by atomic mass is 16.5. The van der Waals surface area contributed by atoms with Gasteiger partial charge in [-0.05, 0) is 61.1 Å². The summed E-state index contributed by atoms with van der Waals surface area (Å²) in [5.41, 5.74) is 3.57. The number of nitrogens with one attached hydrogen (secondary N) is 2. The van der Waals surface area contributed by atoms with Crippen molar-refractivity contribution in [2.45, 2.75) is 63.2 Å². The van der Waals surface area contributed by atoms with Crippen molar-refractivity contribution in [2.24, 2.45) is 0 Å². The quantitative estimate of drug-likeness (QED) is 0.305. The zero-order valence-electron chi connectivity index (χ0n) is 23.8. The Morgan fingerprint density at radius 1 is 1.15 bits per heavy atom. The Balaban J connectivity index is 1.28. The highest BCUT2D eigenvalue weighted by Gasteiger charge is 2.34. The molecule has 5 rings (SSSR count). The molecule has 0 bridgehead atoms. The molecule has 1 aromatic heterocycles. The molecule has 3 aromatic rings. The normalized spacial score (nSPS) is 21.5. The van der Waals surface area contributed by atoms with Gasteiger partial charge in [0.1, 0.15) is 18.1 Å². The summed E-state index contributed by atoms with van der Waals surface area (Å²) < 4.78 is 23.3. The van der Waals surface area contributed by atoms with Gasteiger partial charge in [-0.2, -0.15) is 5.21 Å². The van der Waals surface area contributed by atoms with Crippen molar-refractivity contribution < 1.29 is 18.9 Å². The number of rotatable bonds is 13. The smallest absolute Gasteiger partial charge is 0.177 e. The fourth-order valence-electron chi connectivity index (χ4n) is 5.91. The number of aromatic amines is 1. The lowest BCUT2D eigenvalue weighted by Crippen LogP contribution is -2.47. The van der Waals surface area contributed by atoms with E-state index in [1.54, 1.807) is 14.2 Å². The third-order valence-electron chi connectivity index (χ3n) is 8.15. The van der Waals surface area contributed by atoms with E-state index < -0.39 is 0 Å². The molecule has 216 valence electrons. The molecule has 2 unspecified atom stereocenters. The van der Waals surface area contributed by atoms with Crippen molar-refractivity contribution in [1.29, 1.82) is 0 Å². The molecule has 3 heterocycles. The van der Waals surface area contributed by atoms with Crippen LogP contribution in [0.5, 0.6) is 11.5 Å². The van der Waals surface area contributed by atoms with Gasteiger partial charge in [0.25, 0.3) is 0 Å². The first-order valence-electron chi connectivity index (χ1n) is 14.4. The molecule has 2 aliphatic rings. The number of hydrogen-bond donors (Lipinski definition) is 2. The lowest BCUT2D eigenvalue weighted by atomic mass is 9.81. The van der Waals surface area contributed by atoms with Crippen LogP contribution in [0.3, 0.4) is 0 Å². The van der Waals surface area contributed by atoms with Crippen LogP contribution in [-0.4, -0.2) is 79.8 Å². The number of hydrogen-bond acceptors (Lipinski definition) is 9. The van der Waals surface area contributed by atoms with Crippen molar-refractivity contribution >= 4 is 5.69 Å². The van der Waals surface area contributed by atoms with Crippen LogP contribution < -0.4 is 19.7 Å². The van der Waals surface area contributed by atoms with Gasteiger partial charge in [-0.15, -0.1) is 10.2 Å². The maximum Gasteiger partial charge on any atom is 0.177 e. The van der Waals surface area contributed by atoms with E-state index in [4.69, 9.17) is 18.9 Å². The first-order valence-corrected chi connectivity index (χ1v) is 14.4. The number of benzene rings is 2. The fourth-order valence-corrected chi connectivity index (χ4v) is 5.91. The molecule has 1 saturated heterocycles. The molecule has 0 aliphatic carbocycles. The van der Waals surface area contributed by atoms with Gasteiger partial charge in [0.2, 0.25) is 0 Å². The number of fused-ring (bicyclic) bond motifs is 1. The van der Waals surface area contributed by atoms with Gasteiger partial charge in [0, 0.05) is 44.7 Å². The highest BCUT2D eigenvalue weighted by molar-refractivity contribution is 5.61. The van der Waals surface area contributed by atoms with Gasteiger partial charge < -0.3 is 29.2 Å². The Morgan fingerprint density at radius 2 is 2.02 bits per heavy atom. The maximum absolute atomic E-state index is 6.66. The van der Waals surface area contributed by atoms with E-state index in [0.29, 0.717) is 19.3 Å². The highest BCUT2D eigenvalue weighted by Crippen LogP contribution is 2.36. The van der Waals surface area contributed by atoms with Gasteiger partial charge >= 0.3 is 0 Å². The summed E-state index contributed by atoms with van der Waals surface area (Å²) in [6.45, 7) is 6.80. The first-order chi connectivity index (χ1) is 19.7. The molecule has 0 radical (unpaired) electrons. The van der Waals surface area contributed by atoms with Crippen molar-refractivity contribution in [1.82, 2.24) is 25.9 Å². The fraction of sp³-hybridized carbons (Fsp3) is 0.567. The Hall–Kier alpha value is -3.21. The first kappa shape index (κ1) is 28.3. The number of H-pyrrole nitrogens is 1. The second-order valence-electron chi connectivity index (χ2n) is 10.7. The summed E-state index contributed by atoms with van der Waals surface area (Å²) in [5.74, 6) is 3.11. The summed E-state index contributed by atoms with van der Waals surface area (Å²) >= 11 is 0. The predicted molar refractivity (Wildman–Crippen MR) is 153 cm³/mol. The van der Waals surface area contributed by atoms with E-state index >= 15 is 0 Å². The Morgan fingerprint density at radius 3 is 2.77 bits per heavy atom. The van der Waals surface area contributed by atoms with Crippen LogP contribution in [0.1, 0.15) is 61.4 Å². The van der Waals surface area contributed by atoms with Gasteiger partial charge in [-0.1, -0.05) is 30.3 Å². The van der Waals surface area contributed by atoms with E-state index in [9.17, 15) is 0 Å². The van der Waals surface area contributed by atoms with Crippen LogP contribution in [0.15, 0.2) is 42.5 Å². The molecule has 4 atom stereocenters. The Labute approximate surface area is 236 Å². The molecule has 0 saturated carbocycles. The molecule has 2 aromatic carbocycles. The number of ether oxygens (including phenoxy) is 4. The molecule has 1 fully saturated rings. The molecule has 10 heteroatoms. The summed E-state index contributed by atoms with van der Waals surface area (Å²) in [5, 5.41) is 18.6. The topological polar surface area (TPSA) is 107 Å². The summed E-state index contributed by atoms with van der Waals surface area (Å²) in [7, 11) is 3.45. The maximum atomic E-state index is 6.66. The van der Waals surface area contributed by atoms with Crippen molar-refractivity contribution in [3.05, 3.63) is 59.4 Å². The van der Waals surface area contributed by atoms with E-state index in [1.807, 2.05) is 12.1 Å². The van der Waals surface area contributed by atoms with E-state index in [1.165, 1.54) is 5.56 Å². The minimum Gasteiger partial charge on any atom is -0.497 e. The molecule has 40 heavy (non-hydrogen) atoms. The largest absolute Gasteiger partial charge is 0.497 e. The zero-order valence-corrected chi connectivity index (χ0v) is 23.8. The average molecular weight is 551 g/mol. The summed E-state index contributed by atoms with van der Waals surface area (Å²) in [4.78, 5) is 2.39. The van der Waals surface area contributed by atoms with Crippen LogP contribution in [0, 0.1) is 0 Å². The van der Waals surface area contributed by atoms with Crippen LogP contribution in [0.4, 0.5) is 5.69 Å². The van der Waals surface area contributed by atoms with Crippen LogP contribution in [-0.2, 0) is 16.1 Å². The minimum atomic E-state index is 0.0417. The summed E-state index contributed by atoms with van der Waals surface area (Å²) in [6, 6.07) is 15.2. The number of nitrogens with zero attached hydrogens (tertiary/aromatic N) is 4. The van der Waals surface area contributed by atoms with Crippen molar-refractivity contribution in [2.75, 3.05) is 52.0 Å². The van der Waals surface area contributed by atoms with Crippen LogP contribution in [0.25, 0.3) is 0 Å². The molecule has 0 amide bonds. The number of methoxy groups -OCH3 is 2. The number of aromatic nitrogens is 4. The lowest BCUT2D eigenvalue weighted by molar-refractivity contribution is 0.00166. The third kappa shape index (κ3) is 6.92. The van der Waals surface area contributed by atoms with Gasteiger partial charge in [-0.3, -0.25) is 0 Å². The molecule has 2 aliphatic heterocycles. The second kappa shape index (κ2) is 13.9. The van der Waals surface area contributed by atoms with Gasteiger partial charge in [0.15, 0.2) is 5.82 Å². The van der Waals surface area contributed by atoms with Crippen LogP contribution in [0.2, 0.25) is 0 Å². The summed E-state index contributed by atoms with van der Waals surface area (Å²) in [6.07, 6.45) is 3.92. The molecule has 2 N–H and O–H groups in total. The van der Waals surface area contributed by atoms with Gasteiger partial charge in [-0.25, -0.2) is 0 Å². The molecular weight excluding hydrogens is 508 g/mol. The standard InChI is InChI=1S/C30H42N6O4/c1-4-22(30-32-34-35-33-30)17-24-18-26(23-7-9-25(38-3)10-8-23)29(19-31-24)40-20-21-6-11-28-27(16-21)36(13-15-39-28)12-5-14-37-2/h6-11,16,22,24,26,29,31H,4-5,12-15,17-20H2,1-3H3,(H,32,33,34,35)/t22-,24?,26?,29+/m1/s1. The zero-order chi connectivity index (χ0) is 27.7. The van der Waals surface area contributed by atoms with Gasteiger partial charge in [0.05, 0.1) is 32.1 Å². The number of piperidine rings is 1. The van der Waals surface area contributed by atoms with Crippen molar-refractivity contribution in [3.63, 3.8) is 0 Å². The average Bonchev–Trinajstić information content (AvgIpc) is 3.54. The monoisotopic (exact) mass is 550 g/mol. The van der Waals surface area contributed by atoms with E-state index in [-0.39, 0.29) is 17.9 Å². The number of tetrazole rings is 1. The third-order valence-corrected chi connectivity index (χ3v) is 8.15. The second-order valence-corrected chi connectivity index (χ2v) is 10.7. The molecule has 0 spiro atoms. The Bertz CT molecular complexity index is 1180. The minimum absolute atomic E-state index is 0.0417. The SMILES string of the molecule is CC[C@H](CC1CC(c2ccc(OC)cc2)[C@@H](OCc2ccc3c(c2)N(CCCOC)CCO3)CN1)c1nn[nH]n1. The lowest BCUT2D eigenvalue weighted by Gasteiger charge is -2.38. The molecule has 10 nitrogen and oxygen atoms in total. The Kier molecular flexibility index (Phi) is 9.85. The van der Waals surface area contributed by atoms with Crippen molar-refractivity contribution in [3.8, 4) is 11.5 Å². The van der Waals surface area contributed by atoms with E-state index in [0.717, 1.165) is 80.5 Å². The van der Waals surface area contributed by atoms with E-state index in [2.05, 4.69) is 68.1 Å². The number of anilines is 1. The molecular formula is C30H42N6O4.